The molecule has 1 aromatic rings. The van der Waals surface area contributed by atoms with E-state index in [9.17, 15) is 0 Å². The number of rotatable bonds is 0. The Kier molecular flexibility index (Phi) is 0.774. The smallest absolute Gasteiger partial charge is 0.00172 e. The summed E-state index contributed by atoms with van der Waals surface area (Å²) in [5.74, 6) is 0. The van der Waals surface area contributed by atoms with Crippen molar-refractivity contribution in [3.63, 3.8) is 0 Å². The summed E-state index contributed by atoms with van der Waals surface area (Å²) in [7, 11) is 0. The summed E-state index contributed by atoms with van der Waals surface area (Å²) in [5, 5.41) is 0. The van der Waals surface area contributed by atoms with E-state index in [0.717, 1.165) is 0 Å². The molecule has 0 heterocycles. The van der Waals surface area contributed by atoms with Gasteiger partial charge in [0.15, 0.2) is 0 Å². The molecular formula is C9H10. The lowest BCUT2D eigenvalue weighted by Gasteiger charge is -1.90. The molecule has 46 valence electrons. The summed E-state index contributed by atoms with van der Waals surface area (Å²) in [6.07, 6.45) is 1.25. The largest absolute Gasteiger partial charge is 0.0561 e. The van der Waals surface area contributed by atoms with Gasteiger partial charge < -0.3 is 0 Å². The fourth-order valence-electron chi connectivity index (χ4n) is 1.42. The summed E-state index contributed by atoms with van der Waals surface area (Å²) in [6, 6.07) is 4.54. The Morgan fingerprint density at radius 1 is 1.22 bits per heavy atom. The third-order valence-electron chi connectivity index (χ3n) is 1.95. The van der Waals surface area contributed by atoms with Crippen molar-refractivity contribution in [3.05, 3.63) is 34.4 Å². The van der Waals surface area contributed by atoms with Crippen LogP contribution in [0.15, 0.2) is 12.1 Å². The lowest BCUT2D eigenvalue weighted by atomic mass is 10.2. The normalized spacial score (nSPS) is 13.1. The maximum Gasteiger partial charge on any atom is -0.00172 e. The molecule has 0 bridgehead atoms. The molecule has 0 nitrogen and oxygen atoms in total. The highest BCUT2D eigenvalue weighted by molar-refractivity contribution is 5.51. The molecule has 9 heavy (non-hydrogen) atoms. The molecule has 0 aliphatic heterocycles. The van der Waals surface area contributed by atoms with Gasteiger partial charge >= 0.3 is 0 Å². The van der Waals surface area contributed by atoms with E-state index in [1.54, 1.807) is 11.1 Å². The fourth-order valence-corrected chi connectivity index (χ4v) is 1.42. The summed E-state index contributed by atoms with van der Waals surface area (Å²) in [4.78, 5) is 0. The van der Waals surface area contributed by atoms with E-state index in [2.05, 4.69) is 26.0 Å². The summed E-state index contributed by atoms with van der Waals surface area (Å²) in [5.41, 5.74) is 6.03. The number of hydrogen-bond donors (Lipinski definition) is 0. The Morgan fingerprint density at radius 2 is 2.00 bits per heavy atom. The minimum atomic E-state index is 1.25. The second-order valence-electron chi connectivity index (χ2n) is 2.90. The van der Waals surface area contributed by atoms with Crippen LogP contribution in [0.2, 0.25) is 0 Å². The van der Waals surface area contributed by atoms with Crippen molar-refractivity contribution in [1.29, 1.82) is 0 Å². The first-order chi connectivity index (χ1) is 4.27. The minimum absolute atomic E-state index is 1.25. The van der Waals surface area contributed by atoms with Crippen molar-refractivity contribution in [1.82, 2.24) is 0 Å². The van der Waals surface area contributed by atoms with Gasteiger partial charge in [-0.15, -0.1) is 0 Å². The maximum atomic E-state index is 2.28. The predicted molar refractivity (Wildman–Crippen MR) is 38.7 cm³/mol. The first-order valence-electron chi connectivity index (χ1n) is 3.36. The molecule has 0 heteroatoms. The van der Waals surface area contributed by atoms with Gasteiger partial charge in [0.2, 0.25) is 0 Å². The van der Waals surface area contributed by atoms with Crippen LogP contribution < -0.4 is 0 Å². The van der Waals surface area contributed by atoms with Crippen LogP contribution in [-0.4, -0.2) is 0 Å². The van der Waals surface area contributed by atoms with Gasteiger partial charge in [-0.2, -0.15) is 0 Å². The zero-order valence-corrected chi connectivity index (χ0v) is 5.86. The fraction of sp³-hybridized carbons (Fsp3) is 0.333. The molecule has 0 radical (unpaired) electrons. The molecule has 1 aromatic carbocycles. The van der Waals surface area contributed by atoms with Crippen LogP contribution in [0.1, 0.15) is 22.3 Å². The third kappa shape index (κ3) is 0.663. The highest BCUT2D eigenvalue weighted by Gasteiger charge is 2.18. The molecule has 2 rings (SSSR count). The average molecular weight is 118 g/mol. The number of aryl methyl sites for hydroxylation is 2. The highest BCUT2D eigenvalue weighted by atomic mass is 14.2. The topological polar surface area (TPSA) is 0 Å². The molecule has 0 fully saturated rings. The molecule has 1 aliphatic rings. The van der Waals surface area contributed by atoms with Gasteiger partial charge in [0, 0.05) is 0 Å². The first-order valence-corrected chi connectivity index (χ1v) is 3.36. The minimum Gasteiger partial charge on any atom is -0.0561 e. The number of benzene rings is 1. The van der Waals surface area contributed by atoms with E-state index in [4.69, 9.17) is 0 Å². The van der Waals surface area contributed by atoms with Crippen molar-refractivity contribution in [2.75, 3.05) is 0 Å². The standard InChI is InChI=1S/C9H10/c1-6-3-7(2)9-5-8(9)4-6/h3-4H,5H2,1-2H3. The lowest BCUT2D eigenvalue weighted by molar-refractivity contribution is 1.40. The zero-order chi connectivity index (χ0) is 6.43. The summed E-state index contributed by atoms with van der Waals surface area (Å²) >= 11 is 0. The third-order valence-corrected chi connectivity index (χ3v) is 1.95. The van der Waals surface area contributed by atoms with Crippen molar-refractivity contribution in [2.45, 2.75) is 20.3 Å². The van der Waals surface area contributed by atoms with Gasteiger partial charge in [-0.05, 0) is 37.0 Å². The second-order valence-corrected chi connectivity index (χ2v) is 2.90. The molecule has 0 saturated heterocycles. The molecule has 0 atom stereocenters. The predicted octanol–water partition coefficient (Wildman–Crippen LogP) is 2.21. The van der Waals surface area contributed by atoms with E-state index in [-0.39, 0.29) is 0 Å². The SMILES string of the molecule is Cc1cc(C)c2c(c1)C2. The molecule has 0 N–H and O–H groups in total. The van der Waals surface area contributed by atoms with Gasteiger partial charge in [0.05, 0.1) is 0 Å². The van der Waals surface area contributed by atoms with Gasteiger partial charge in [0.25, 0.3) is 0 Å². The number of fused-ring (bicyclic) bond motifs is 1. The highest BCUT2D eigenvalue weighted by Crippen LogP contribution is 2.31. The van der Waals surface area contributed by atoms with E-state index in [1.165, 1.54) is 17.5 Å². The van der Waals surface area contributed by atoms with Gasteiger partial charge in [-0.3, -0.25) is 0 Å². The number of hydrogen-bond acceptors (Lipinski definition) is 0. The monoisotopic (exact) mass is 118 g/mol. The second kappa shape index (κ2) is 1.38. The lowest BCUT2D eigenvalue weighted by Crippen LogP contribution is -1.72. The zero-order valence-electron chi connectivity index (χ0n) is 5.86. The van der Waals surface area contributed by atoms with Crippen molar-refractivity contribution < 1.29 is 0 Å². The van der Waals surface area contributed by atoms with E-state index in [0.29, 0.717) is 0 Å². The summed E-state index contributed by atoms with van der Waals surface area (Å²) < 4.78 is 0. The Balaban J connectivity index is 2.67. The molecule has 0 saturated carbocycles. The average Bonchev–Trinajstić information content (AvgIpc) is 2.43. The Hall–Kier alpha value is -0.780. The van der Waals surface area contributed by atoms with E-state index >= 15 is 0 Å². The van der Waals surface area contributed by atoms with E-state index in [1.807, 2.05) is 0 Å². The summed E-state index contributed by atoms with van der Waals surface area (Å²) in [6.45, 7) is 4.35. The van der Waals surface area contributed by atoms with E-state index < -0.39 is 0 Å². The van der Waals surface area contributed by atoms with Crippen LogP contribution in [0.5, 0.6) is 0 Å². The van der Waals surface area contributed by atoms with Crippen LogP contribution >= 0.6 is 0 Å². The Labute approximate surface area is 55.5 Å². The quantitative estimate of drug-likeness (QED) is 0.497. The first kappa shape index (κ1) is 5.04. The Bertz CT molecular complexity index is 258. The van der Waals surface area contributed by atoms with Crippen LogP contribution in [-0.2, 0) is 6.42 Å². The van der Waals surface area contributed by atoms with Crippen molar-refractivity contribution in [3.8, 4) is 0 Å². The van der Waals surface area contributed by atoms with Gasteiger partial charge in [-0.1, -0.05) is 17.7 Å². The molecule has 0 amide bonds. The van der Waals surface area contributed by atoms with Crippen LogP contribution in [0.4, 0.5) is 0 Å². The van der Waals surface area contributed by atoms with Crippen LogP contribution in [0, 0.1) is 13.8 Å². The maximum absolute atomic E-state index is 2.28. The Morgan fingerprint density at radius 3 is 2.67 bits per heavy atom. The molecule has 0 aromatic heterocycles. The molecule has 0 spiro atoms. The van der Waals surface area contributed by atoms with Crippen molar-refractivity contribution in [2.24, 2.45) is 0 Å². The van der Waals surface area contributed by atoms with Gasteiger partial charge in [0.1, 0.15) is 0 Å². The van der Waals surface area contributed by atoms with Crippen LogP contribution in [0.3, 0.4) is 0 Å². The molecule has 0 unspecified atom stereocenters. The molecule has 1 aliphatic carbocycles. The van der Waals surface area contributed by atoms with Crippen molar-refractivity contribution >= 4 is 0 Å². The van der Waals surface area contributed by atoms with Gasteiger partial charge in [-0.25, -0.2) is 0 Å². The van der Waals surface area contributed by atoms with Crippen LogP contribution in [0.25, 0.3) is 0 Å². The molecular weight excluding hydrogens is 108 g/mol.